The van der Waals surface area contributed by atoms with Crippen molar-refractivity contribution in [2.45, 2.75) is 19.3 Å². The maximum atomic E-state index is 2.42. The van der Waals surface area contributed by atoms with Crippen LogP contribution in [0.1, 0.15) is 24.8 Å². The zero-order valence-electron chi connectivity index (χ0n) is 27.3. The fourth-order valence-electron chi connectivity index (χ4n) is 7.49. The van der Waals surface area contributed by atoms with Crippen molar-refractivity contribution >= 4 is 55.2 Å². The number of allylic oxidation sites excluding steroid dienone is 9. The van der Waals surface area contributed by atoms with E-state index in [0.717, 1.165) is 30.6 Å². The minimum absolute atomic E-state index is 0.865. The number of para-hydroxylation sites is 2. The molecule has 0 unspecified atom stereocenters. The third kappa shape index (κ3) is 5.32. The number of nitrogens with zero attached hydrogens (tertiary/aromatic N) is 2. The predicted octanol–water partition coefficient (Wildman–Crippen LogP) is 12.9. The number of rotatable bonds is 6. The van der Waals surface area contributed by atoms with Crippen molar-refractivity contribution in [3.8, 4) is 11.1 Å². The van der Waals surface area contributed by atoms with Gasteiger partial charge in [0, 0.05) is 40.0 Å². The van der Waals surface area contributed by atoms with Gasteiger partial charge in [-0.1, -0.05) is 134 Å². The van der Waals surface area contributed by atoms with Crippen molar-refractivity contribution in [1.82, 2.24) is 4.57 Å². The lowest BCUT2D eigenvalue weighted by atomic mass is 9.98. The van der Waals surface area contributed by atoms with Crippen LogP contribution in [0, 0.1) is 0 Å². The molecule has 2 heteroatoms. The van der Waals surface area contributed by atoms with Gasteiger partial charge in [-0.25, -0.2) is 0 Å². The van der Waals surface area contributed by atoms with Crippen molar-refractivity contribution in [1.29, 1.82) is 0 Å². The first-order valence-corrected chi connectivity index (χ1v) is 17.2. The van der Waals surface area contributed by atoms with Gasteiger partial charge in [-0.3, -0.25) is 0 Å². The fraction of sp³-hybridized carbons (Fsp3) is 0.0638. The third-order valence-corrected chi connectivity index (χ3v) is 9.87. The van der Waals surface area contributed by atoms with E-state index in [-0.39, 0.29) is 0 Å². The Kier molecular flexibility index (Phi) is 7.40. The largest absolute Gasteiger partial charge is 0.313 e. The minimum Gasteiger partial charge on any atom is -0.313 e. The summed E-state index contributed by atoms with van der Waals surface area (Å²) in [4.78, 5) is 2.38. The topological polar surface area (TPSA) is 8.17 Å². The fourth-order valence-corrected chi connectivity index (χ4v) is 7.49. The van der Waals surface area contributed by atoms with E-state index in [4.69, 9.17) is 0 Å². The highest BCUT2D eigenvalue weighted by Gasteiger charge is 2.17. The number of fused-ring (bicyclic) bond motifs is 4. The first-order valence-electron chi connectivity index (χ1n) is 17.2. The van der Waals surface area contributed by atoms with Crippen molar-refractivity contribution < 1.29 is 0 Å². The van der Waals surface area contributed by atoms with Gasteiger partial charge < -0.3 is 9.47 Å². The van der Waals surface area contributed by atoms with Gasteiger partial charge in [0.2, 0.25) is 0 Å². The summed E-state index contributed by atoms with van der Waals surface area (Å²) in [5.74, 6) is 0. The van der Waals surface area contributed by atoms with E-state index in [9.17, 15) is 0 Å². The smallest absolute Gasteiger partial charge is 0.0537 e. The van der Waals surface area contributed by atoms with Gasteiger partial charge in [-0.05, 0) is 94.4 Å². The van der Waals surface area contributed by atoms with Gasteiger partial charge in [0.1, 0.15) is 0 Å². The highest BCUT2D eigenvalue weighted by molar-refractivity contribution is 6.10. The molecule has 2 aliphatic carbocycles. The summed E-state index contributed by atoms with van der Waals surface area (Å²) in [7, 11) is 0. The predicted molar refractivity (Wildman–Crippen MR) is 210 cm³/mol. The van der Waals surface area contributed by atoms with Gasteiger partial charge in [-0.2, -0.15) is 0 Å². The Morgan fingerprint density at radius 2 is 1.12 bits per heavy atom. The van der Waals surface area contributed by atoms with Gasteiger partial charge >= 0.3 is 0 Å². The molecule has 0 saturated heterocycles. The molecule has 6 aromatic carbocycles. The average Bonchev–Trinajstić information content (AvgIpc) is 3.31. The summed E-state index contributed by atoms with van der Waals surface area (Å²) >= 11 is 0. The standard InChI is InChI=1S/C47H36N2/c1-2-15-38(16-3-1)48(41-32-27-37(28-33-41)43-21-11-14-36-12-4-5-18-42(36)43)40-30-25-35(26-31-40)34-13-10-17-39(29-24-34)49-46-22-8-6-19-44(46)45-20-7-9-23-47(45)49/h2,4-16,18-33H,1,3,17H2. The molecule has 1 aromatic heterocycles. The number of hydrogen-bond acceptors (Lipinski definition) is 1. The Labute approximate surface area is 287 Å². The Hall–Kier alpha value is -6.12. The van der Waals surface area contributed by atoms with Crippen LogP contribution in [0.15, 0.2) is 188 Å². The van der Waals surface area contributed by atoms with E-state index in [2.05, 4.69) is 192 Å². The van der Waals surface area contributed by atoms with Crippen molar-refractivity contribution in [2.75, 3.05) is 4.90 Å². The van der Waals surface area contributed by atoms with E-state index in [0.29, 0.717) is 0 Å². The van der Waals surface area contributed by atoms with Crippen LogP contribution in [-0.4, -0.2) is 4.57 Å². The molecule has 0 radical (unpaired) electrons. The van der Waals surface area contributed by atoms with Crippen LogP contribution in [0.4, 0.5) is 11.4 Å². The summed E-state index contributed by atoms with van der Waals surface area (Å²) in [6.45, 7) is 0. The quantitative estimate of drug-likeness (QED) is 0.178. The molecule has 2 nitrogen and oxygen atoms in total. The summed E-state index contributed by atoms with van der Waals surface area (Å²) < 4.78 is 2.42. The third-order valence-electron chi connectivity index (χ3n) is 9.87. The van der Waals surface area contributed by atoms with Crippen LogP contribution < -0.4 is 4.90 Å². The Balaban J connectivity index is 1.05. The summed E-state index contributed by atoms with van der Waals surface area (Å²) in [5.41, 5.74) is 12.2. The molecule has 0 amide bonds. The Morgan fingerprint density at radius 3 is 1.82 bits per heavy atom. The molecule has 0 spiro atoms. The van der Waals surface area contributed by atoms with Crippen LogP contribution in [0.25, 0.3) is 55.0 Å². The van der Waals surface area contributed by atoms with Crippen molar-refractivity contribution in [2.24, 2.45) is 0 Å². The van der Waals surface area contributed by atoms with E-state index in [1.165, 1.54) is 66.2 Å². The van der Waals surface area contributed by atoms with Crippen LogP contribution in [0.5, 0.6) is 0 Å². The molecule has 0 atom stereocenters. The molecule has 7 aromatic rings. The highest BCUT2D eigenvalue weighted by atomic mass is 15.1. The maximum absolute atomic E-state index is 2.42. The second-order valence-electron chi connectivity index (χ2n) is 12.8. The van der Waals surface area contributed by atoms with Crippen molar-refractivity contribution in [3.63, 3.8) is 0 Å². The first-order chi connectivity index (χ1) is 24.3. The number of anilines is 2. The van der Waals surface area contributed by atoms with Crippen LogP contribution in [-0.2, 0) is 0 Å². The lowest BCUT2D eigenvalue weighted by Gasteiger charge is -2.28. The molecular formula is C47H36N2. The zero-order valence-corrected chi connectivity index (χ0v) is 27.3. The molecule has 9 rings (SSSR count). The van der Waals surface area contributed by atoms with Crippen molar-refractivity contribution in [3.05, 3.63) is 193 Å². The lowest BCUT2D eigenvalue weighted by molar-refractivity contribution is 0.997. The normalized spacial score (nSPS) is 14.5. The van der Waals surface area contributed by atoms with Gasteiger partial charge in [-0.15, -0.1) is 0 Å². The Morgan fingerprint density at radius 1 is 0.490 bits per heavy atom. The van der Waals surface area contributed by atoms with E-state index in [1.807, 2.05) is 0 Å². The lowest BCUT2D eigenvalue weighted by Crippen LogP contribution is -2.16. The SMILES string of the molecule is C1=CC(N(c2ccc(C3=CC=C(n4c5ccccc5c5ccccc54)CC=C3)cc2)c2ccc(-c3cccc4ccccc34)cc2)=CCC1. The molecule has 0 fully saturated rings. The molecule has 2 aliphatic rings. The molecule has 1 heterocycles. The van der Waals surface area contributed by atoms with Crippen LogP contribution >= 0.6 is 0 Å². The average molecular weight is 629 g/mol. The van der Waals surface area contributed by atoms with Crippen LogP contribution in [0.3, 0.4) is 0 Å². The number of hydrogen-bond donors (Lipinski definition) is 0. The summed E-state index contributed by atoms with van der Waals surface area (Å²) in [6, 6.07) is 50.7. The minimum atomic E-state index is 0.865. The summed E-state index contributed by atoms with van der Waals surface area (Å²) in [5, 5.41) is 5.13. The van der Waals surface area contributed by atoms with E-state index < -0.39 is 0 Å². The molecule has 0 aliphatic heterocycles. The first kappa shape index (κ1) is 29.1. The molecule has 234 valence electrons. The highest BCUT2D eigenvalue weighted by Crippen LogP contribution is 2.37. The van der Waals surface area contributed by atoms with Crippen LogP contribution in [0.2, 0.25) is 0 Å². The molecule has 49 heavy (non-hydrogen) atoms. The van der Waals surface area contributed by atoms with Gasteiger partial charge in [0.15, 0.2) is 0 Å². The number of benzene rings is 6. The zero-order chi connectivity index (χ0) is 32.6. The second-order valence-corrected chi connectivity index (χ2v) is 12.8. The molecule has 0 saturated carbocycles. The number of aromatic nitrogens is 1. The molecule has 0 N–H and O–H groups in total. The summed E-state index contributed by atoms with van der Waals surface area (Å²) in [6.07, 6.45) is 19.0. The van der Waals surface area contributed by atoms with E-state index >= 15 is 0 Å². The van der Waals surface area contributed by atoms with E-state index in [1.54, 1.807) is 0 Å². The maximum Gasteiger partial charge on any atom is 0.0537 e. The van der Waals surface area contributed by atoms with Gasteiger partial charge in [0.25, 0.3) is 0 Å². The monoisotopic (exact) mass is 628 g/mol. The van der Waals surface area contributed by atoms with Gasteiger partial charge in [0.05, 0.1) is 11.0 Å². The molecular weight excluding hydrogens is 593 g/mol. The Bertz CT molecular complexity index is 2440. The molecule has 0 bridgehead atoms. The second kappa shape index (κ2) is 12.5.